The van der Waals surface area contributed by atoms with E-state index >= 15 is 0 Å². The Balaban J connectivity index is 2.74. The van der Waals surface area contributed by atoms with E-state index in [0.29, 0.717) is 11.8 Å². The lowest BCUT2D eigenvalue weighted by Crippen LogP contribution is -2.04. The van der Waals surface area contributed by atoms with Crippen LogP contribution in [-0.2, 0) is 12.8 Å². The van der Waals surface area contributed by atoms with Gasteiger partial charge < -0.3 is 9.47 Å². The van der Waals surface area contributed by atoms with E-state index < -0.39 is 0 Å². The molecule has 0 amide bonds. The Hall–Kier alpha value is -1.96. The zero-order valence-electron chi connectivity index (χ0n) is 15.8. The van der Waals surface area contributed by atoms with Crippen LogP contribution in [0.2, 0.25) is 0 Å². The Morgan fingerprint density at radius 3 is 1.33 bits per heavy atom. The van der Waals surface area contributed by atoms with E-state index in [-0.39, 0.29) is 0 Å². The average molecular weight is 326 g/mol. The molecular weight excluding hydrogens is 296 g/mol. The van der Waals surface area contributed by atoms with E-state index in [1.54, 1.807) is 14.2 Å². The second-order valence-electron chi connectivity index (χ2n) is 7.18. The van der Waals surface area contributed by atoms with Gasteiger partial charge in [0.1, 0.15) is 11.5 Å². The predicted octanol–water partition coefficient (Wildman–Crippen LogP) is 5.77. The molecule has 0 aliphatic heterocycles. The summed E-state index contributed by atoms with van der Waals surface area (Å²) >= 11 is 0. The molecule has 0 aromatic heterocycles. The van der Waals surface area contributed by atoms with Crippen LogP contribution >= 0.6 is 0 Å². The van der Waals surface area contributed by atoms with Crippen LogP contribution in [0.3, 0.4) is 0 Å². The van der Waals surface area contributed by atoms with Crippen molar-refractivity contribution in [2.24, 2.45) is 11.8 Å². The van der Waals surface area contributed by atoms with E-state index in [1.165, 1.54) is 22.3 Å². The van der Waals surface area contributed by atoms with Crippen molar-refractivity contribution in [2.75, 3.05) is 14.2 Å². The molecule has 0 aliphatic carbocycles. The molecule has 2 rings (SSSR count). The molecule has 0 saturated heterocycles. The van der Waals surface area contributed by atoms with Crippen molar-refractivity contribution >= 4 is 0 Å². The number of hydrogen-bond acceptors (Lipinski definition) is 2. The summed E-state index contributed by atoms with van der Waals surface area (Å²) in [6.07, 6.45) is 2.04. The van der Waals surface area contributed by atoms with E-state index in [2.05, 4.69) is 52.0 Å². The summed E-state index contributed by atoms with van der Waals surface area (Å²) in [4.78, 5) is 0. The van der Waals surface area contributed by atoms with E-state index in [1.807, 2.05) is 12.1 Å². The van der Waals surface area contributed by atoms with Crippen molar-refractivity contribution in [1.82, 2.24) is 0 Å². The molecule has 0 spiro atoms. The lowest BCUT2D eigenvalue weighted by molar-refractivity contribution is 0.409. The monoisotopic (exact) mass is 326 g/mol. The molecule has 0 unspecified atom stereocenters. The van der Waals surface area contributed by atoms with Crippen molar-refractivity contribution in [3.05, 3.63) is 47.5 Å². The first kappa shape index (κ1) is 18.4. The molecule has 0 atom stereocenters. The minimum atomic E-state index is 0.583. The van der Waals surface area contributed by atoms with Crippen LogP contribution in [0.15, 0.2) is 36.4 Å². The Morgan fingerprint density at radius 2 is 1.04 bits per heavy atom. The number of hydrogen-bond donors (Lipinski definition) is 0. The van der Waals surface area contributed by atoms with Crippen molar-refractivity contribution < 1.29 is 9.47 Å². The highest BCUT2D eigenvalue weighted by atomic mass is 16.5. The minimum Gasteiger partial charge on any atom is -0.496 e. The summed E-state index contributed by atoms with van der Waals surface area (Å²) in [5.41, 5.74) is 5.00. The number of benzene rings is 2. The van der Waals surface area contributed by atoms with Crippen molar-refractivity contribution in [3.8, 4) is 22.6 Å². The fourth-order valence-corrected chi connectivity index (χ4v) is 3.28. The molecule has 2 heteroatoms. The van der Waals surface area contributed by atoms with E-state index in [9.17, 15) is 0 Å². The van der Waals surface area contributed by atoms with E-state index in [0.717, 1.165) is 24.3 Å². The van der Waals surface area contributed by atoms with E-state index in [4.69, 9.17) is 9.47 Å². The Labute approximate surface area is 146 Å². The topological polar surface area (TPSA) is 18.5 Å². The fourth-order valence-electron chi connectivity index (χ4n) is 3.28. The van der Waals surface area contributed by atoms with Crippen LogP contribution in [0.1, 0.15) is 38.8 Å². The second-order valence-corrected chi connectivity index (χ2v) is 7.18. The van der Waals surface area contributed by atoms with Crippen LogP contribution < -0.4 is 9.47 Å². The van der Waals surface area contributed by atoms with Gasteiger partial charge in [0.15, 0.2) is 0 Å². The normalized spacial score (nSPS) is 11.2. The van der Waals surface area contributed by atoms with Gasteiger partial charge in [0, 0.05) is 11.1 Å². The molecular formula is C22H30O2. The molecule has 0 saturated carbocycles. The highest BCUT2D eigenvalue weighted by Gasteiger charge is 2.20. The van der Waals surface area contributed by atoms with Gasteiger partial charge in [0.05, 0.1) is 14.2 Å². The summed E-state index contributed by atoms with van der Waals surface area (Å²) in [6.45, 7) is 9.00. The number of ether oxygens (including phenoxy) is 2. The molecule has 2 aromatic carbocycles. The maximum atomic E-state index is 5.73. The molecule has 0 radical (unpaired) electrons. The second kappa shape index (κ2) is 8.23. The molecule has 0 N–H and O–H groups in total. The molecule has 0 aliphatic rings. The first-order valence-electron chi connectivity index (χ1n) is 8.80. The molecule has 2 aromatic rings. The zero-order valence-corrected chi connectivity index (χ0v) is 15.8. The van der Waals surface area contributed by atoms with Gasteiger partial charge in [-0.2, -0.15) is 0 Å². The smallest absolute Gasteiger partial charge is 0.127 e. The summed E-state index contributed by atoms with van der Waals surface area (Å²) in [7, 11) is 3.49. The Kier molecular flexibility index (Phi) is 6.30. The lowest BCUT2D eigenvalue weighted by atomic mass is 9.87. The zero-order chi connectivity index (χ0) is 17.7. The molecule has 130 valence electrons. The standard InChI is InChI=1S/C22H30O2/c1-15(2)13-17-9-7-11-19(23-5)21(17)22-18(14-16(3)4)10-8-12-20(22)24-6/h7-12,15-16H,13-14H2,1-6H3. The average Bonchev–Trinajstić information content (AvgIpc) is 2.53. The first-order chi connectivity index (χ1) is 11.5. The van der Waals surface area contributed by atoms with Gasteiger partial charge in [-0.3, -0.25) is 0 Å². The highest BCUT2D eigenvalue weighted by Crippen LogP contribution is 2.42. The van der Waals surface area contributed by atoms with Gasteiger partial charge >= 0.3 is 0 Å². The first-order valence-corrected chi connectivity index (χ1v) is 8.80. The Bertz CT molecular complexity index is 612. The van der Waals surface area contributed by atoms with Gasteiger partial charge in [-0.15, -0.1) is 0 Å². The molecule has 2 nitrogen and oxygen atoms in total. The largest absolute Gasteiger partial charge is 0.496 e. The quantitative estimate of drug-likeness (QED) is 0.643. The minimum absolute atomic E-state index is 0.583. The van der Waals surface area contributed by atoms with Gasteiger partial charge in [0.25, 0.3) is 0 Å². The van der Waals surface area contributed by atoms with Crippen LogP contribution in [0.5, 0.6) is 11.5 Å². The maximum absolute atomic E-state index is 5.73. The Morgan fingerprint density at radius 1 is 0.667 bits per heavy atom. The van der Waals surface area contributed by atoms with Gasteiger partial charge in [-0.25, -0.2) is 0 Å². The third-order valence-corrected chi connectivity index (χ3v) is 4.17. The summed E-state index contributed by atoms with van der Waals surface area (Å²) in [5, 5.41) is 0. The predicted molar refractivity (Wildman–Crippen MR) is 102 cm³/mol. The van der Waals surface area contributed by atoms with Gasteiger partial charge in [-0.1, -0.05) is 52.0 Å². The summed E-state index contributed by atoms with van der Waals surface area (Å²) in [6, 6.07) is 12.7. The van der Waals surface area contributed by atoms with Gasteiger partial charge in [-0.05, 0) is 47.9 Å². The number of rotatable bonds is 7. The number of methoxy groups -OCH3 is 2. The fraction of sp³-hybridized carbons (Fsp3) is 0.455. The third-order valence-electron chi connectivity index (χ3n) is 4.17. The highest BCUT2D eigenvalue weighted by molar-refractivity contribution is 5.81. The summed E-state index contributed by atoms with van der Waals surface area (Å²) < 4.78 is 11.5. The van der Waals surface area contributed by atoms with Crippen molar-refractivity contribution in [3.63, 3.8) is 0 Å². The van der Waals surface area contributed by atoms with Gasteiger partial charge in [0.2, 0.25) is 0 Å². The lowest BCUT2D eigenvalue weighted by Gasteiger charge is -2.21. The van der Waals surface area contributed by atoms with Crippen LogP contribution in [-0.4, -0.2) is 14.2 Å². The van der Waals surface area contributed by atoms with Crippen LogP contribution in [0.25, 0.3) is 11.1 Å². The third kappa shape index (κ3) is 4.11. The van der Waals surface area contributed by atoms with Crippen LogP contribution in [0, 0.1) is 11.8 Å². The maximum Gasteiger partial charge on any atom is 0.127 e. The molecule has 24 heavy (non-hydrogen) atoms. The van der Waals surface area contributed by atoms with Crippen molar-refractivity contribution in [2.45, 2.75) is 40.5 Å². The van der Waals surface area contributed by atoms with Crippen LogP contribution in [0.4, 0.5) is 0 Å². The van der Waals surface area contributed by atoms with Crippen molar-refractivity contribution in [1.29, 1.82) is 0 Å². The molecule has 0 heterocycles. The molecule has 0 bridgehead atoms. The molecule has 0 fully saturated rings. The SMILES string of the molecule is COc1cccc(CC(C)C)c1-c1c(CC(C)C)cccc1OC. The summed E-state index contributed by atoms with van der Waals surface area (Å²) in [5.74, 6) is 3.00.